The SMILES string of the molecule is CCc1nc(CN(CCCCO)C2CC2)cs1. The summed E-state index contributed by atoms with van der Waals surface area (Å²) < 4.78 is 0. The molecular weight excluding hydrogens is 232 g/mol. The van der Waals surface area contributed by atoms with Crippen molar-refractivity contribution < 1.29 is 5.11 Å². The number of unbranched alkanes of at least 4 members (excludes halogenated alkanes) is 1. The van der Waals surface area contributed by atoms with Crippen molar-refractivity contribution in [1.29, 1.82) is 0 Å². The van der Waals surface area contributed by atoms with Gasteiger partial charge in [0.15, 0.2) is 0 Å². The molecule has 0 aliphatic heterocycles. The maximum atomic E-state index is 8.83. The van der Waals surface area contributed by atoms with E-state index in [0.717, 1.165) is 38.4 Å². The van der Waals surface area contributed by atoms with Gasteiger partial charge in [0.2, 0.25) is 0 Å². The van der Waals surface area contributed by atoms with E-state index in [1.54, 1.807) is 11.3 Å². The van der Waals surface area contributed by atoms with Crippen molar-refractivity contribution in [3.63, 3.8) is 0 Å². The molecule has 2 rings (SSSR count). The number of aromatic nitrogens is 1. The normalized spacial score (nSPS) is 15.7. The molecule has 0 radical (unpaired) electrons. The van der Waals surface area contributed by atoms with Crippen molar-refractivity contribution in [2.24, 2.45) is 0 Å². The first-order valence-electron chi connectivity index (χ1n) is 6.61. The molecule has 96 valence electrons. The molecule has 0 bridgehead atoms. The topological polar surface area (TPSA) is 36.4 Å². The Kier molecular flexibility index (Phi) is 4.95. The lowest BCUT2D eigenvalue weighted by Crippen LogP contribution is -2.27. The number of hydrogen-bond donors (Lipinski definition) is 1. The fourth-order valence-corrected chi connectivity index (χ4v) is 2.79. The Labute approximate surface area is 107 Å². The molecule has 0 amide bonds. The number of aliphatic hydroxyl groups excluding tert-OH is 1. The Morgan fingerprint density at radius 1 is 1.47 bits per heavy atom. The summed E-state index contributed by atoms with van der Waals surface area (Å²) >= 11 is 1.77. The molecule has 17 heavy (non-hydrogen) atoms. The summed E-state index contributed by atoms with van der Waals surface area (Å²) in [5, 5.41) is 12.3. The van der Waals surface area contributed by atoms with Crippen LogP contribution in [0.2, 0.25) is 0 Å². The van der Waals surface area contributed by atoms with E-state index in [1.165, 1.54) is 23.5 Å². The number of thiazole rings is 1. The van der Waals surface area contributed by atoms with Gasteiger partial charge >= 0.3 is 0 Å². The van der Waals surface area contributed by atoms with Gasteiger partial charge in [-0.1, -0.05) is 6.92 Å². The van der Waals surface area contributed by atoms with Gasteiger partial charge in [-0.15, -0.1) is 11.3 Å². The summed E-state index contributed by atoms with van der Waals surface area (Å²) in [6.07, 6.45) is 5.73. The van der Waals surface area contributed by atoms with E-state index >= 15 is 0 Å². The Morgan fingerprint density at radius 2 is 2.29 bits per heavy atom. The van der Waals surface area contributed by atoms with Crippen LogP contribution in [0.3, 0.4) is 0 Å². The monoisotopic (exact) mass is 254 g/mol. The molecule has 1 fully saturated rings. The summed E-state index contributed by atoms with van der Waals surface area (Å²) in [4.78, 5) is 7.17. The number of hydrogen-bond acceptors (Lipinski definition) is 4. The Hall–Kier alpha value is -0.450. The third-order valence-electron chi connectivity index (χ3n) is 3.18. The lowest BCUT2D eigenvalue weighted by Gasteiger charge is -2.20. The van der Waals surface area contributed by atoms with E-state index in [2.05, 4.69) is 22.2 Å². The third kappa shape index (κ3) is 4.05. The summed E-state index contributed by atoms with van der Waals surface area (Å²) in [5.74, 6) is 0. The average molecular weight is 254 g/mol. The second kappa shape index (κ2) is 6.47. The van der Waals surface area contributed by atoms with Gasteiger partial charge in [-0.25, -0.2) is 4.98 Å². The first-order valence-corrected chi connectivity index (χ1v) is 7.49. The van der Waals surface area contributed by atoms with E-state index in [-0.39, 0.29) is 0 Å². The predicted octanol–water partition coefficient (Wildman–Crippen LogP) is 2.44. The highest BCUT2D eigenvalue weighted by Gasteiger charge is 2.28. The molecular formula is C13H22N2OS. The minimum Gasteiger partial charge on any atom is -0.396 e. The van der Waals surface area contributed by atoms with Gasteiger partial charge in [0.25, 0.3) is 0 Å². The lowest BCUT2D eigenvalue weighted by atomic mass is 10.3. The number of aliphatic hydroxyl groups is 1. The first kappa shape index (κ1) is 13.0. The average Bonchev–Trinajstić information content (AvgIpc) is 3.09. The van der Waals surface area contributed by atoms with E-state index in [4.69, 9.17) is 5.11 Å². The molecule has 0 aromatic carbocycles. The largest absolute Gasteiger partial charge is 0.396 e. The van der Waals surface area contributed by atoms with Crippen molar-refractivity contribution in [2.75, 3.05) is 13.2 Å². The fourth-order valence-electron chi connectivity index (χ4n) is 2.05. The molecule has 1 aliphatic carbocycles. The summed E-state index contributed by atoms with van der Waals surface area (Å²) in [6, 6.07) is 0.778. The maximum absolute atomic E-state index is 8.83. The van der Waals surface area contributed by atoms with Crippen LogP contribution in [0.15, 0.2) is 5.38 Å². The van der Waals surface area contributed by atoms with Gasteiger partial charge in [-0.05, 0) is 38.6 Å². The second-order valence-corrected chi connectivity index (χ2v) is 5.66. The molecule has 0 spiro atoms. The van der Waals surface area contributed by atoms with E-state index in [1.807, 2.05) is 0 Å². The Balaban J connectivity index is 1.83. The molecule has 0 atom stereocenters. The van der Waals surface area contributed by atoms with Crippen molar-refractivity contribution in [2.45, 2.75) is 51.6 Å². The molecule has 4 heteroatoms. The van der Waals surface area contributed by atoms with Crippen molar-refractivity contribution in [3.05, 3.63) is 16.1 Å². The van der Waals surface area contributed by atoms with Crippen LogP contribution < -0.4 is 0 Å². The van der Waals surface area contributed by atoms with Gasteiger partial charge < -0.3 is 5.11 Å². The standard InChI is InChI=1S/C13H22N2OS/c1-2-13-14-11(10-17-13)9-15(12-5-6-12)7-3-4-8-16/h10,12,16H,2-9H2,1H3. The van der Waals surface area contributed by atoms with Gasteiger partial charge in [-0.3, -0.25) is 4.90 Å². The number of aryl methyl sites for hydroxylation is 1. The highest BCUT2D eigenvalue weighted by Crippen LogP contribution is 2.28. The van der Waals surface area contributed by atoms with Crippen LogP contribution in [0.4, 0.5) is 0 Å². The minimum atomic E-state index is 0.315. The van der Waals surface area contributed by atoms with Crippen molar-refractivity contribution >= 4 is 11.3 Å². The molecule has 1 aromatic rings. The van der Waals surface area contributed by atoms with Crippen LogP contribution in [-0.4, -0.2) is 34.2 Å². The number of rotatable bonds is 8. The number of nitrogens with zero attached hydrogens (tertiary/aromatic N) is 2. The van der Waals surface area contributed by atoms with Gasteiger partial charge in [0.05, 0.1) is 10.7 Å². The van der Waals surface area contributed by atoms with Crippen LogP contribution in [0.5, 0.6) is 0 Å². The zero-order valence-electron chi connectivity index (χ0n) is 10.6. The fraction of sp³-hybridized carbons (Fsp3) is 0.769. The van der Waals surface area contributed by atoms with Crippen LogP contribution in [-0.2, 0) is 13.0 Å². The van der Waals surface area contributed by atoms with E-state index in [9.17, 15) is 0 Å². The van der Waals surface area contributed by atoms with Gasteiger partial charge in [0, 0.05) is 24.6 Å². The Bertz CT molecular complexity index is 336. The summed E-state index contributed by atoms with van der Waals surface area (Å²) in [6.45, 7) is 4.56. The zero-order valence-corrected chi connectivity index (χ0v) is 11.4. The molecule has 1 saturated carbocycles. The highest BCUT2D eigenvalue weighted by molar-refractivity contribution is 7.09. The molecule has 1 aromatic heterocycles. The van der Waals surface area contributed by atoms with Crippen LogP contribution in [0, 0.1) is 0 Å². The van der Waals surface area contributed by atoms with Gasteiger partial charge in [-0.2, -0.15) is 0 Å². The summed E-state index contributed by atoms with van der Waals surface area (Å²) in [7, 11) is 0. The first-order chi connectivity index (χ1) is 8.33. The maximum Gasteiger partial charge on any atom is 0.0926 e. The molecule has 1 N–H and O–H groups in total. The van der Waals surface area contributed by atoms with E-state index < -0.39 is 0 Å². The van der Waals surface area contributed by atoms with Gasteiger partial charge in [0.1, 0.15) is 0 Å². The lowest BCUT2D eigenvalue weighted by molar-refractivity contribution is 0.227. The van der Waals surface area contributed by atoms with Crippen molar-refractivity contribution in [3.8, 4) is 0 Å². The van der Waals surface area contributed by atoms with Crippen molar-refractivity contribution in [1.82, 2.24) is 9.88 Å². The predicted molar refractivity (Wildman–Crippen MR) is 71.2 cm³/mol. The van der Waals surface area contributed by atoms with Crippen LogP contribution in [0.25, 0.3) is 0 Å². The molecule has 0 saturated heterocycles. The molecule has 1 aliphatic rings. The molecule has 3 nitrogen and oxygen atoms in total. The van der Waals surface area contributed by atoms with E-state index in [0.29, 0.717) is 6.61 Å². The molecule has 0 unspecified atom stereocenters. The third-order valence-corrected chi connectivity index (χ3v) is 4.23. The minimum absolute atomic E-state index is 0.315. The Morgan fingerprint density at radius 3 is 2.88 bits per heavy atom. The van der Waals surface area contributed by atoms with Crippen LogP contribution in [0.1, 0.15) is 43.3 Å². The van der Waals surface area contributed by atoms with Crippen LogP contribution >= 0.6 is 11.3 Å². The highest BCUT2D eigenvalue weighted by atomic mass is 32.1. The summed E-state index contributed by atoms with van der Waals surface area (Å²) in [5.41, 5.74) is 1.22. The smallest absolute Gasteiger partial charge is 0.0926 e. The quantitative estimate of drug-likeness (QED) is 0.724. The molecule has 1 heterocycles. The zero-order chi connectivity index (χ0) is 12.1. The second-order valence-electron chi connectivity index (χ2n) is 4.72.